The van der Waals surface area contributed by atoms with Gasteiger partial charge in [-0.1, -0.05) is 25.1 Å². The third-order valence-electron chi connectivity index (χ3n) is 4.03. The molecule has 0 unspecified atom stereocenters. The van der Waals surface area contributed by atoms with Crippen LogP contribution in [0.1, 0.15) is 41.0 Å². The molecule has 4 nitrogen and oxygen atoms in total. The zero-order valence-electron chi connectivity index (χ0n) is 13.7. The second-order valence-electron chi connectivity index (χ2n) is 5.67. The van der Waals surface area contributed by atoms with Crippen LogP contribution in [-0.2, 0) is 0 Å². The molecular weight excluding hydrogens is 302 g/mol. The predicted octanol–water partition coefficient (Wildman–Crippen LogP) is 4.41. The molecule has 4 heteroatoms. The molecule has 1 N–H and O–H groups in total. The summed E-state index contributed by atoms with van der Waals surface area (Å²) in [4.78, 5) is 27.4. The highest BCUT2D eigenvalue weighted by molar-refractivity contribution is 6.09. The van der Waals surface area contributed by atoms with Crippen molar-refractivity contribution in [2.24, 2.45) is 0 Å². The van der Waals surface area contributed by atoms with Gasteiger partial charge in [-0.3, -0.25) is 9.59 Å². The molecule has 0 fully saturated rings. The van der Waals surface area contributed by atoms with Crippen LogP contribution in [0.3, 0.4) is 0 Å². The lowest BCUT2D eigenvalue weighted by Crippen LogP contribution is -2.23. The van der Waals surface area contributed by atoms with E-state index in [1.807, 2.05) is 31.2 Å². The van der Waals surface area contributed by atoms with Crippen molar-refractivity contribution in [3.63, 3.8) is 0 Å². The Bertz CT molecular complexity index is 877. The third-order valence-corrected chi connectivity index (χ3v) is 4.03. The number of Topliss-reactive ketones (excluding diaryl/α,β-unsaturated/α-hetero) is 2. The molecule has 0 aliphatic heterocycles. The number of ketones is 2. The summed E-state index contributed by atoms with van der Waals surface area (Å²) in [6, 6.07) is 14.6. The standard InChI is InChI=1S/C20H19NO3/c1-3-19(22)14-8-10-15(11-9-14)24-13(2)20(23)17-12-21-18-7-5-4-6-16(17)18/h4-13,21H,3H2,1-2H3/t13-/m0/s1. The summed E-state index contributed by atoms with van der Waals surface area (Å²) in [5, 5.41) is 0.891. The van der Waals surface area contributed by atoms with Crippen molar-refractivity contribution in [3.05, 3.63) is 65.9 Å². The second kappa shape index (κ2) is 6.71. The van der Waals surface area contributed by atoms with Crippen LogP contribution < -0.4 is 4.74 Å². The monoisotopic (exact) mass is 321 g/mol. The Balaban J connectivity index is 1.75. The maximum Gasteiger partial charge on any atom is 0.205 e. The minimum Gasteiger partial charge on any atom is -0.483 e. The lowest BCUT2D eigenvalue weighted by molar-refractivity contribution is 0.0819. The molecule has 2 aromatic carbocycles. The first-order chi connectivity index (χ1) is 11.6. The molecule has 0 amide bonds. The molecule has 0 saturated heterocycles. The van der Waals surface area contributed by atoms with Gasteiger partial charge in [0.15, 0.2) is 11.9 Å². The van der Waals surface area contributed by atoms with Gasteiger partial charge in [0.05, 0.1) is 0 Å². The fourth-order valence-corrected chi connectivity index (χ4v) is 2.68. The second-order valence-corrected chi connectivity index (χ2v) is 5.67. The van der Waals surface area contributed by atoms with E-state index in [2.05, 4.69) is 4.98 Å². The zero-order chi connectivity index (χ0) is 17.1. The molecule has 24 heavy (non-hydrogen) atoms. The first-order valence-electron chi connectivity index (χ1n) is 8.00. The van der Waals surface area contributed by atoms with Gasteiger partial charge in [0.2, 0.25) is 5.78 Å². The highest BCUT2D eigenvalue weighted by Crippen LogP contribution is 2.21. The highest BCUT2D eigenvalue weighted by Gasteiger charge is 2.20. The quantitative estimate of drug-likeness (QED) is 0.684. The Labute approximate surface area is 140 Å². The van der Waals surface area contributed by atoms with E-state index >= 15 is 0 Å². The molecule has 3 aromatic rings. The Hall–Kier alpha value is -2.88. The van der Waals surface area contributed by atoms with E-state index in [4.69, 9.17) is 4.74 Å². The number of para-hydroxylation sites is 1. The number of H-pyrrole nitrogens is 1. The molecule has 1 aromatic heterocycles. The van der Waals surface area contributed by atoms with E-state index in [0.717, 1.165) is 10.9 Å². The number of rotatable bonds is 6. The number of aromatic amines is 1. The fraction of sp³-hybridized carbons (Fsp3) is 0.200. The number of aromatic nitrogens is 1. The van der Waals surface area contributed by atoms with Crippen molar-refractivity contribution in [1.29, 1.82) is 0 Å². The SMILES string of the molecule is CCC(=O)c1ccc(O[C@@H](C)C(=O)c2c[nH]c3ccccc23)cc1. The van der Waals surface area contributed by atoms with Gasteiger partial charge in [-0.15, -0.1) is 0 Å². The minimum atomic E-state index is -0.614. The summed E-state index contributed by atoms with van der Waals surface area (Å²) in [7, 11) is 0. The van der Waals surface area contributed by atoms with Crippen molar-refractivity contribution >= 4 is 22.5 Å². The summed E-state index contributed by atoms with van der Waals surface area (Å²) >= 11 is 0. The topological polar surface area (TPSA) is 59.2 Å². The van der Waals surface area contributed by atoms with Gasteiger partial charge in [-0.2, -0.15) is 0 Å². The smallest absolute Gasteiger partial charge is 0.205 e. The number of fused-ring (bicyclic) bond motifs is 1. The van der Waals surface area contributed by atoms with Crippen LogP contribution in [0.2, 0.25) is 0 Å². The number of hydrogen-bond donors (Lipinski definition) is 1. The lowest BCUT2D eigenvalue weighted by Gasteiger charge is -2.13. The van der Waals surface area contributed by atoms with Crippen LogP contribution in [0, 0.1) is 0 Å². The zero-order valence-corrected chi connectivity index (χ0v) is 13.7. The molecule has 1 heterocycles. The number of ether oxygens (including phenoxy) is 1. The molecule has 0 spiro atoms. The van der Waals surface area contributed by atoms with E-state index in [9.17, 15) is 9.59 Å². The van der Waals surface area contributed by atoms with E-state index < -0.39 is 6.10 Å². The first kappa shape index (κ1) is 16.0. The Morgan fingerprint density at radius 1 is 1.08 bits per heavy atom. The van der Waals surface area contributed by atoms with Crippen LogP contribution >= 0.6 is 0 Å². The summed E-state index contributed by atoms with van der Waals surface area (Å²) in [5.41, 5.74) is 2.20. The number of carbonyl (C=O) groups excluding carboxylic acids is 2. The normalized spacial score (nSPS) is 12.1. The van der Waals surface area contributed by atoms with E-state index in [1.165, 1.54) is 0 Å². The third kappa shape index (κ3) is 3.08. The molecule has 1 atom stereocenters. The molecule has 0 aliphatic rings. The Morgan fingerprint density at radius 3 is 2.50 bits per heavy atom. The van der Waals surface area contributed by atoms with Crippen molar-refractivity contribution < 1.29 is 14.3 Å². The van der Waals surface area contributed by atoms with Crippen LogP contribution in [-0.4, -0.2) is 22.7 Å². The van der Waals surface area contributed by atoms with E-state index in [-0.39, 0.29) is 11.6 Å². The number of nitrogens with one attached hydrogen (secondary N) is 1. The van der Waals surface area contributed by atoms with Crippen molar-refractivity contribution in [3.8, 4) is 5.75 Å². The van der Waals surface area contributed by atoms with Crippen LogP contribution in [0.15, 0.2) is 54.7 Å². The number of hydrogen-bond acceptors (Lipinski definition) is 3. The Kier molecular flexibility index (Phi) is 4.47. The summed E-state index contributed by atoms with van der Waals surface area (Å²) in [5.74, 6) is 0.578. The summed E-state index contributed by atoms with van der Waals surface area (Å²) in [6.07, 6.45) is 1.57. The van der Waals surface area contributed by atoms with Gasteiger partial charge >= 0.3 is 0 Å². The summed E-state index contributed by atoms with van der Waals surface area (Å²) < 4.78 is 5.74. The maximum absolute atomic E-state index is 12.6. The van der Waals surface area contributed by atoms with E-state index in [1.54, 1.807) is 37.4 Å². The minimum absolute atomic E-state index is 0.0823. The van der Waals surface area contributed by atoms with Crippen molar-refractivity contribution in [2.45, 2.75) is 26.4 Å². The Morgan fingerprint density at radius 2 is 1.79 bits per heavy atom. The summed E-state index contributed by atoms with van der Waals surface area (Å²) in [6.45, 7) is 3.56. The molecule has 0 saturated carbocycles. The molecule has 3 rings (SSSR count). The maximum atomic E-state index is 12.6. The van der Waals surface area contributed by atoms with Gasteiger partial charge in [0, 0.05) is 34.6 Å². The highest BCUT2D eigenvalue weighted by atomic mass is 16.5. The van der Waals surface area contributed by atoms with Gasteiger partial charge < -0.3 is 9.72 Å². The molecule has 0 bridgehead atoms. The predicted molar refractivity (Wildman–Crippen MR) is 93.8 cm³/mol. The van der Waals surface area contributed by atoms with Crippen LogP contribution in [0.4, 0.5) is 0 Å². The molecular formula is C20H19NO3. The van der Waals surface area contributed by atoms with Gasteiger partial charge in [-0.05, 0) is 37.3 Å². The molecule has 122 valence electrons. The number of carbonyl (C=O) groups is 2. The van der Waals surface area contributed by atoms with Crippen molar-refractivity contribution in [2.75, 3.05) is 0 Å². The van der Waals surface area contributed by atoms with Crippen molar-refractivity contribution in [1.82, 2.24) is 4.98 Å². The van der Waals surface area contributed by atoms with E-state index in [0.29, 0.717) is 23.3 Å². The fourth-order valence-electron chi connectivity index (χ4n) is 2.68. The van der Waals surface area contributed by atoms with Gasteiger partial charge in [0.1, 0.15) is 5.75 Å². The number of benzene rings is 2. The van der Waals surface area contributed by atoms with Crippen LogP contribution in [0.25, 0.3) is 10.9 Å². The largest absolute Gasteiger partial charge is 0.483 e. The molecule has 0 aliphatic carbocycles. The van der Waals surface area contributed by atoms with Gasteiger partial charge in [0.25, 0.3) is 0 Å². The van der Waals surface area contributed by atoms with Crippen LogP contribution in [0.5, 0.6) is 5.75 Å². The average molecular weight is 321 g/mol. The molecule has 0 radical (unpaired) electrons. The first-order valence-corrected chi connectivity index (χ1v) is 8.00. The lowest BCUT2D eigenvalue weighted by atomic mass is 10.1. The van der Waals surface area contributed by atoms with Gasteiger partial charge in [-0.25, -0.2) is 0 Å². The average Bonchev–Trinajstić information content (AvgIpc) is 3.05.